The van der Waals surface area contributed by atoms with Crippen molar-refractivity contribution in [1.29, 1.82) is 0 Å². The molecule has 0 radical (unpaired) electrons. The molecule has 100 valence electrons. The molecule has 0 rings (SSSR count). The van der Waals surface area contributed by atoms with Crippen molar-refractivity contribution in [1.82, 2.24) is 4.90 Å². The summed E-state index contributed by atoms with van der Waals surface area (Å²) in [6.45, 7) is 1.47. The zero-order valence-corrected chi connectivity index (χ0v) is 9.70. The van der Waals surface area contributed by atoms with Gasteiger partial charge < -0.3 is 14.7 Å². The van der Waals surface area contributed by atoms with Crippen LogP contribution in [0.5, 0.6) is 0 Å². The number of halogens is 2. The van der Waals surface area contributed by atoms with Gasteiger partial charge in [-0.15, -0.1) is 0 Å². The minimum atomic E-state index is -2.54. The van der Waals surface area contributed by atoms with E-state index in [1.54, 1.807) is 6.92 Å². The second kappa shape index (κ2) is 8.86. The molecule has 0 aliphatic rings. The number of hydrogen-bond acceptors (Lipinski definition) is 3. The highest BCUT2D eigenvalue weighted by molar-refractivity contribution is 5.77. The van der Waals surface area contributed by atoms with E-state index >= 15 is 0 Å². The zero-order chi connectivity index (χ0) is 13.3. The quantitative estimate of drug-likeness (QED) is 0.622. The zero-order valence-electron chi connectivity index (χ0n) is 9.70. The summed E-state index contributed by atoms with van der Waals surface area (Å²) >= 11 is 0. The average molecular weight is 253 g/mol. The summed E-state index contributed by atoms with van der Waals surface area (Å²) in [5, 5.41) is 8.47. The molecule has 0 unspecified atom stereocenters. The average Bonchev–Trinajstić information content (AvgIpc) is 2.24. The van der Waals surface area contributed by atoms with Crippen molar-refractivity contribution in [2.24, 2.45) is 0 Å². The van der Waals surface area contributed by atoms with Gasteiger partial charge in [0.1, 0.15) is 6.61 Å². The monoisotopic (exact) mass is 253 g/mol. The smallest absolute Gasteiger partial charge is 0.305 e. The number of alkyl halides is 2. The Morgan fingerprint density at radius 3 is 2.47 bits per heavy atom. The Bertz CT molecular complexity index is 248. The Hall–Kier alpha value is -1.24. The number of carboxylic acids is 1. The maximum absolute atomic E-state index is 11.7. The predicted octanol–water partition coefficient (Wildman–Crippen LogP) is 0.981. The van der Waals surface area contributed by atoms with Gasteiger partial charge in [-0.25, -0.2) is 8.78 Å². The molecule has 0 fully saturated rings. The Labute approximate surface area is 98.3 Å². The third-order valence-electron chi connectivity index (χ3n) is 2.03. The van der Waals surface area contributed by atoms with Gasteiger partial charge in [-0.05, 0) is 6.92 Å². The van der Waals surface area contributed by atoms with Crippen molar-refractivity contribution in [3.63, 3.8) is 0 Å². The molecule has 17 heavy (non-hydrogen) atoms. The van der Waals surface area contributed by atoms with E-state index in [2.05, 4.69) is 4.74 Å². The SMILES string of the molecule is CCN(CCC(=O)O)C(=O)CCOCC(F)F. The molecular weight excluding hydrogens is 236 g/mol. The predicted molar refractivity (Wildman–Crippen MR) is 55.9 cm³/mol. The Morgan fingerprint density at radius 1 is 1.35 bits per heavy atom. The highest BCUT2D eigenvalue weighted by Crippen LogP contribution is 1.99. The molecule has 1 amide bonds. The molecule has 0 aromatic heterocycles. The fourth-order valence-corrected chi connectivity index (χ4v) is 1.18. The van der Waals surface area contributed by atoms with Gasteiger partial charge in [-0.2, -0.15) is 0 Å². The highest BCUT2D eigenvalue weighted by atomic mass is 19.3. The van der Waals surface area contributed by atoms with E-state index in [0.717, 1.165) is 0 Å². The Balaban J connectivity index is 3.80. The lowest BCUT2D eigenvalue weighted by molar-refractivity contribution is -0.138. The number of rotatable bonds is 9. The molecule has 0 bridgehead atoms. The molecule has 0 spiro atoms. The van der Waals surface area contributed by atoms with E-state index in [1.807, 2.05) is 0 Å². The van der Waals surface area contributed by atoms with Gasteiger partial charge in [0.05, 0.1) is 19.4 Å². The molecule has 0 heterocycles. The summed E-state index contributed by atoms with van der Waals surface area (Å²) in [5.41, 5.74) is 0. The van der Waals surface area contributed by atoms with Gasteiger partial charge in [0.25, 0.3) is 6.43 Å². The van der Waals surface area contributed by atoms with Gasteiger partial charge in [0.15, 0.2) is 0 Å². The summed E-state index contributed by atoms with van der Waals surface area (Å²) < 4.78 is 28.0. The maximum Gasteiger partial charge on any atom is 0.305 e. The third-order valence-corrected chi connectivity index (χ3v) is 2.03. The molecule has 1 N–H and O–H groups in total. The van der Waals surface area contributed by atoms with E-state index < -0.39 is 19.0 Å². The van der Waals surface area contributed by atoms with Gasteiger partial charge in [0.2, 0.25) is 5.91 Å². The van der Waals surface area contributed by atoms with Crippen LogP contribution in [-0.4, -0.2) is 54.6 Å². The van der Waals surface area contributed by atoms with Crippen molar-refractivity contribution < 1.29 is 28.2 Å². The number of nitrogens with zero attached hydrogens (tertiary/aromatic N) is 1. The summed E-state index contributed by atoms with van der Waals surface area (Å²) in [7, 11) is 0. The van der Waals surface area contributed by atoms with Gasteiger partial charge in [-0.3, -0.25) is 9.59 Å². The fourth-order valence-electron chi connectivity index (χ4n) is 1.18. The van der Waals surface area contributed by atoms with Crippen LogP contribution in [0.25, 0.3) is 0 Å². The molecule has 0 aliphatic carbocycles. The first-order chi connectivity index (χ1) is 7.97. The first kappa shape index (κ1) is 15.8. The number of aliphatic carboxylic acids is 1. The molecule has 0 saturated heterocycles. The van der Waals surface area contributed by atoms with Crippen LogP contribution in [0.1, 0.15) is 19.8 Å². The minimum Gasteiger partial charge on any atom is -0.481 e. The number of hydrogen-bond donors (Lipinski definition) is 1. The summed E-state index contributed by atoms with van der Waals surface area (Å²) in [4.78, 5) is 23.2. The minimum absolute atomic E-state index is 0.0137. The standard InChI is InChI=1S/C10H17F2NO4/c1-2-13(5-3-10(15)16)9(14)4-6-17-7-8(11)12/h8H,2-7H2,1H3,(H,15,16). The van der Waals surface area contributed by atoms with Gasteiger partial charge in [-0.1, -0.05) is 0 Å². The number of carbonyl (C=O) groups is 2. The lowest BCUT2D eigenvalue weighted by Gasteiger charge is -2.19. The topological polar surface area (TPSA) is 66.8 Å². The third kappa shape index (κ3) is 8.56. The Morgan fingerprint density at radius 2 is 2.00 bits per heavy atom. The van der Waals surface area contributed by atoms with Crippen LogP contribution < -0.4 is 0 Å². The number of carbonyl (C=O) groups excluding carboxylic acids is 1. The van der Waals surface area contributed by atoms with Crippen LogP contribution in [0.15, 0.2) is 0 Å². The second-order valence-corrected chi connectivity index (χ2v) is 3.33. The molecule has 0 aromatic rings. The summed E-state index contributed by atoms with van der Waals surface area (Å²) in [6.07, 6.45) is -2.68. The van der Waals surface area contributed by atoms with E-state index in [0.29, 0.717) is 6.54 Å². The lowest BCUT2D eigenvalue weighted by Crippen LogP contribution is -2.33. The van der Waals surface area contributed by atoms with E-state index in [9.17, 15) is 18.4 Å². The molecule has 5 nitrogen and oxygen atoms in total. The van der Waals surface area contributed by atoms with Crippen molar-refractivity contribution in [2.45, 2.75) is 26.2 Å². The largest absolute Gasteiger partial charge is 0.481 e. The molecule has 7 heteroatoms. The molecule has 0 atom stereocenters. The number of carboxylic acid groups (broad SMARTS) is 1. The summed E-state index contributed by atoms with van der Waals surface area (Å²) in [5.74, 6) is -1.27. The highest BCUT2D eigenvalue weighted by Gasteiger charge is 2.13. The van der Waals surface area contributed by atoms with Crippen molar-refractivity contribution in [3.05, 3.63) is 0 Å². The van der Waals surface area contributed by atoms with Crippen LogP contribution in [-0.2, 0) is 14.3 Å². The molecular formula is C10H17F2NO4. The van der Waals surface area contributed by atoms with Gasteiger partial charge in [0, 0.05) is 13.1 Å². The number of ether oxygens (including phenoxy) is 1. The van der Waals surface area contributed by atoms with E-state index in [1.165, 1.54) is 4.90 Å². The van der Waals surface area contributed by atoms with E-state index in [-0.39, 0.29) is 31.9 Å². The maximum atomic E-state index is 11.7. The normalized spacial score (nSPS) is 10.6. The van der Waals surface area contributed by atoms with Crippen LogP contribution in [0.2, 0.25) is 0 Å². The van der Waals surface area contributed by atoms with Crippen LogP contribution >= 0.6 is 0 Å². The van der Waals surface area contributed by atoms with Crippen molar-refractivity contribution in [2.75, 3.05) is 26.3 Å². The first-order valence-corrected chi connectivity index (χ1v) is 5.32. The number of amides is 1. The Kier molecular flexibility index (Phi) is 8.21. The summed E-state index contributed by atoms with van der Waals surface area (Å²) in [6, 6.07) is 0. The fraction of sp³-hybridized carbons (Fsp3) is 0.800. The molecule has 0 aliphatic heterocycles. The lowest BCUT2D eigenvalue weighted by atomic mass is 10.3. The molecule has 0 saturated carbocycles. The van der Waals surface area contributed by atoms with Crippen molar-refractivity contribution in [3.8, 4) is 0 Å². The van der Waals surface area contributed by atoms with Crippen molar-refractivity contribution >= 4 is 11.9 Å². The first-order valence-electron chi connectivity index (χ1n) is 5.32. The second-order valence-electron chi connectivity index (χ2n) is 3.33. The molecule has 0 aromatic carbocycles. The van der Waals surface area contributed by atoms with Gasteiger partial charge >= 0.3 is 5.97 Å². The van der Waals surface area contributed by atoms with Crippen LogP contribution in [0.4, 0.5) is 8.78 Å². The van der Waals surface area contributed by atoms with Crippen LogP contribution in [0.3, 0.4) is 0 Å². The van der Waals surface area contributed by atoms with E-state index in [4.69, 9.17) is 5.11 Å². The van der Waals surface area contributed by atoms with Crippen LogP contribution in [0, 0.1) is 0 Å².